The summed E-state index contributed by atoms with van der Waals surface area (Å²) < 4.78 is 1.63. The molecule has 0 atom stereocenters. The van der Waals surface area contributed by atoms with Crippen LogP contribution in [0.4, 0.5) is 5.82 Å². The van der Waals surface area contributed by atoms with Crippen molar-refractivity contribution in [1.29, 1.82) is 0 Å². The molecule has 0 spiro atoms. The highest BCUT2D eigenvalue weighted by Gasteiger charge is 2.18. The summed E-state index contributed by atoms with van der Waals surface area (Å²) in [6, 6.07) is 5.77. The second-order valence-electron chi connectivity index (χ2n) is 6.25. The molecule has 25 heavy (non-hydrogen) atoms. The standard InChI is InChI=1S/C18H20N6O/c1-13-16(17-20-6-4-10-24(17)22-13)18(25)21-12-14-5-7-19-15(11-14)23-8-2-3-9-23/h4-7,10-11H,2-3,8-9,12H2,1H3,(H,21,25). The predicted molar refractivity (Wildman–Crippen MR) is 94.6 cm³/mol. The zero-order chi connectivity index (χ0) is 17.2. The lowest BCUT2D eigenvalue weighted by atomic mass is 10.2. The first-order chi connectivity index (χ1) is 12.2. The molecule has 128 valence electrons. The van der Waals surface area contributed by atoms with Crippen molar-refractivity contribution in [2.75, 3.05) is 18.0 Å². The molecule has 1 saturated heterocycles. The molecule has 7 nitrogen and oxygen atoms in total. The van der Waals surface area contributed by atoms with E-state index in [4.69, 9.17) is 0 Å². The molecule has 0 aliphatic carbocycles. The first kappa shape index (κ1) is 15.6. The van der Waals surface area contributed by atoms with E-state index in [1.807, 2.05) is 19.1 Å². The maximum atomic E-state index is 12.6. The van der Waals surface area contributed by atoms with Crippen molar-refractivity contribution in [1.82, 2.24) is 24.9 Å². The number of carbonyl (C=O) groups is 1. The van der Waals surface area contributed by atoms with E-state index in [1.54, 1.807) is 29.2 Å². The topological polar surface area (TPSA) is 75.4 Å². The molecular formula is C18H20N6O. The lowest BCUT2D eigenvalue weighted by Gasteiger charge is -2.17. The Labute approximate surface area is 145 Å². The molecule has 1 aliphatic rings. The Hall–Kier alpha value is -2.96. The van der Waals surface area contributed by atoms with Gasteiger partial charge in [0.25, 0.3) is 5.91 Å². The van der Waals surface area contributed by atoms with Crippen molar-refractivity contribution in [3.05, 3.63) is 53.6 Å². The molecule has 4 heterocycles. The normalized spacial score (nSPS) is 14.2. The summed E-state index contributed by atoms with van der Waals surface area (Å²) in [7, 11) is 0. The summed E-state index contributed by atoms with van der Waals surface area (Å²) in [5, 5.41) is 7.31. The molecule has 0 bridgehead atoms. The highest BCUT2D eigenvalue weighted by atomic mass is 16.1. The maximum absolute atomic E-state index is 12.6. The maximum Gasteiger partial charge on any atom is 0.257 e. The fourth-order valence-corrected chi connectivity index (χ4v) is 3.22. The van der Waals surface area contributed by atoms with Crippen LogP contribution in [-0.4, -0.2) is 38.6 Å². The van der Waals surface area contributed by atoms with Crippen LogP contribution in [-0.2, 0) is 6.54 Å². The Kier molecular flexibility index (Phi) is 4.05. The van der Waals surface area contributed by atoms with Gasteiger partial charge in [0.05, 0.1) is 5.69 Å². The number of fused-ring (bicyclic) bond motifs is 1. The second-order valence-corrected chi connectivity index (χ2v) is 6.25. The number of aryl methyl sites for hydroxylation is 1. The van der Waals surface area contributed by atoms with Crippen molar-refractivity contribution in [2.24, 2.45) is 0 Å². The number of aromatic nitrogens is 4. The van der Waals surface area contributed by atoms with Gasteiger partial charge in [-0.05, 0) is 43.5 Å². The van der Waals surface area contributed by atoms with E-state index in [2.05, 4.69) is 25.3 Å². The van der Waals surface area contributed by atoms with Crippen LogP contribution in [0.15, 0.2) is 36.8 Å². The van der Waals surface area contributed by atoms with E-state index in [9.17, 15) is 4.79 Å². The van der Waals surface area contributed by atoms with Crippen molar-refractivity contribution < 1.29 is 4.79 Å². The number of anilines is 1. The fourth-order valence-electron chi connectivity index (χ4n) is 3.22. The quantitative estimate of drug-likeness (QED) is 0.788. The molecule has 1 amide bonds. The second kappa shape index (κ2) is 6.51. The number of carbonyl (C=O) groups excluding carboxylic acids is 1. The van der Waals surface area contributed by atoms with Crippen LogP contribution >= 0.6 is 0 Å². The van der Waals surface area contributed by atoms with Gasteiger partial charge in [0.15, 0.2) is 5.65 Å². The van der Waals surface area contributed by atoms with Crippen LogP contribution < -0.4 is 10.2 Å². The minimum Gasteiger partial charge on any atom is -0.357 e. The number of hydrogen-bond donors (Lipinski definition) is 1. The summed E-state index contributed by atoms with van der Waals surface area (Å²) >= 11 is 0. The number of amides is 1. The van der Waals surface area contributed by atoms with Crippen LogP contribution in [0.25, 0.3) is 5.65 Å². The molecule has 0 aromatic carbocycles. The van der Waals surface area contributed by atoms with E-state index in [-0.39, 0.29) is 5.91 Å². The minimum atomic E-state index is -0.161. The average molecular weight is 336 g/mol. The molecular weight excluding hydrogens is 316 g/mol. The first-order valence-electron chi connectivity index (χ1n) is 8.50. The predicted octanol–water partition coefficient (Wildman–Crippen LogP) is 1.96. The van der Waals surface area contributed by atoms with Gasteiger partial charge in [-0.2, -0.15) is 5.10 Å². The van der Waals surface area contributed by atoms with Crippen molar-refractivity contribution in [2.45, 2.75) is 26.3 Å². The Morgan fingerprint density at radius 3 is 2.92 bits per heavy atom. The molecule has 3 aromatic heterocycles. The third-order valence-corrected chi connectivity index (χ3v) is 4.49. The molecule has 0 radical (unpaired) electrons. The lowest BCUT2D eigenvalue weighted by molar-refractivity contribution is 0.0951. The monoisotopic (exact) mass is 336 g/mol. The Morgan fingerprint density at radius 2 is 2.08 bits per heavy atom. The van der Waals surface area contributed by atoms with Gasteiger partial charge in [-0.3, -0.25) is 4.79 Å². The fraction of sp³-hybridized carbons (Fsp3) is 0.333. The zero-order valence-electron chi connectivity index (χ0n) is 14.1. The van der Waals surface area contributed by atoms with Crippen molar-refractivity contribution in [3.63, 3.8) is 0 Å². The molecule has 0 unspecified atom stereocenters. The summed E-state index contributed by atoms with van der Waals surface area (Å²) in [5.41, 5.74) is 2.80. The zero-order valence-corrected chi connectivity index (χ0v) is 14.1. The van der Waals surface area contributed by atoms with Crippen molar-refractivity contribution >= 4 is 17.4 Å². The number of rotatable bonds is 4. The van der Waals surface area contributed by atoms with Gasteiger partial charge in [0.2, 0.25) is 0 Å². The van der Waals surface area contributed by atoms with Crippen LogP contribution in [0, 0.1) is 6.92 Å². The van der Waals surface area contributed by atoms with E-state index in [1.165, 1.54) is 12.8 Å². The summed E-state index contributed by atoms with van der Waals surface area (Å²) in [6.45, 7) is 4.37. The van der Waals surface area contributed by atoms with E-state index in [0.717, 1.165) is 24.5 Å². The minimum absolute atomic E-state index is 0.161. The number of nitrogens with one attached hydrogen (secondary N) is 1. The Morgan fingerprint density at radius 1 is 1.24 bits per heavy atom. The van der Waals surface area contributed by atoms with Gasteiger partial charge >= 0.3 is 0 Å². The van der Waals surface area contributed by atoms with Gasteiger partial charge in [-0.15, -0.1) is 0 Å². The van der Waals surface area contributed by atoms with Crippen LogP contribution in [0.5, 0.6) is 0 Å². The smallest absolute Gasteiger partial charge is 0.257 e. The molecule has 3 aromatic rings. The largest absolute Gasteiger partial charge is 0.357 e. The number of nitrogens with zero attached hydrogens (tertiary/aromatic N) is 5. The number of pyridine rings is 1. The summed E-state index contributed by atoms with van der Waals surface area (Å²) in [4.78, 5) is 23.6. The lowest BCUT2D eigenvalue weighted by Crippen LogP contribution is -2.24. The average Bonchev–Trinajstić information content (AvgIpc) is 3.27. The summed E-state index contributed by atoms with van der Waals surface area (Å²) in [6.07, 6.45) is 7.68. The summed E-state index contributed by atoms with van der Waals surface area (Å²) in [5.74, 6) is 0.823. The highest BCUT2D eigenvalue weighted by Crippen LogP contribution is 2.19. The van der Waals surface area contributed by atoms with E-state index >= 15 is 0 Å². The molecule has 1 aliphatic heterocycles. The Balaban J connectivity index is 1.50. The van der Waals surface area contributed by atoms with E-state index < -0.39 is 0 Å². The SMILES string of the molecule is Cc1nn2cccnc2c1C(=O)NCc1ccnc(N2CCCC2)c1. The van der Waals surface area contributed by atoms with Gasteiger partial charge < -0.3 is 10.2 Å². The van der Waals surface area contributed by atoms with E-state index in [0.29, 0.717) is 23.4 Å². The molecule has 7 heteroatoms. The van der Waals surface area contributed by atoms with Gasteiger partial charge in [0.1, 0.15) is 11.4 Å². The van der Waals surface area contributed by atoms with Crippen LogP contribution in [0.1, 0.15) is 34.5 Å². The highest BCUT2D eigenvalue weighted by molar-refractivity contribution is 6.00. The van der Waals surface area contributed by atoms with Gasteiger partial charge in [-0.25, -0.2) is 14.5 Å². The third-order valence-electron chi connectivity index (χ3n) is 4.49. The van der Waals surface area contributed by atoms with Gasteiger partial charge in [-0.1, -0.05) is 0 Å². The molecule has 1 fully saturated rings. The third kappa shape index (κ3) is 3.05. The molecule has 0 saturated carbocycles. The molecule has 4 rings (SSSR count). The molecule has 1 N–H and O–H groups in total. The number of hydrogen-bond acceptors (Lipinski definition) is 5. The van der Waals surface area contributed by atoms with Crippen molar-refractivity contribution in [3.8, 4) is 0 Å². The van der Waals surface area contributed by atoms with Crippen LogP contribution in [0.2, 0.25) is 0 Å². The van der Waals surface area contributed by atoms with Gasteiger partial charge in [0, 0.05) is 38.2 Å². The van der Waals surface area contributed by atoms with Crippen LogP contribution in [0.3, 0.4) is 0 Å². The Bertz CT molecular complexity index is 913. The first-order valence-corrected chi connectivity index (χ1v) is 8.50.